The third-order valence-corrected chi connectivity index (χ3v) is 4.58. The minimum Gasteiger partial charge on any atom is -0.772 e. The van der Waals surface area contributed by atoms with Crippen LogP contribution in [-0.2, 0) is 23.0 Å². The SMILES string of the molecule is Nc1ncc(-c2ccc(CS(=O)[O-])cc2)cc1-c1ccc(C(F)(F)F)cc1. The largest absolute Gasteiger partial charge is 0.772 e. The van der Waals surface area contributed by atoms with Gasteiger partial charge in [0.05, 0.1) is 5.56 Å². The van der Waals surface area contributed by atoms with Gasteiger partial charge in [0, 0.05) is 23.1 Å². The van der Waals surface area contributed by atoms with Gasteiger partial charge in [-0.25, -0.2) is 4.98 Å². The molecule has 0 aliphatic rings. The van der Waals surface area contributed by atoms with E-state index in [9.17, 15) is 21.9 Å². The maximum Gasteiger partial charge on any atom is 0.416 e. The quantitative estimate of drug-likeness (QED) is 0.669. The number of rotatable bonds is 4. The van der Waals surface area contributed by atoms with Crippen LogP contribution >= 0.6 is 0 Å². The minimum atomic E-state index is -4.40. The molecule has 1 unspecified atom stereocenters. The van der Waals surface area contributed by atoms with Crippen molar-refractivity contribution in [2.45, 2.75) is 11.9 Å². The fraction of sp³-hybridized carbons (Fsp3) is 0.105. The summed E-state index contributed by atoms with van der Waals surface area (Å²) in [6.45, 7) is 0. The van der Waals surface area contributed by atoms with Crippen LogP contribution in [0.1, 0.15) is 11.1 Å². The summed E-state index contributed by atoms with van der Waals surface area (Å²) in [6.07, 6.45) is -2.84. The van der Waals surface area contributed by atoms with Crippen LogP contribution in [0.3, 0.4) is 0 Å². The van der Waals surface area contributed by atoms with Crippen molar-refractivity contribution in [3.8, 4) is 22.3 Å². The third-order valence-electron chi connectivity index (χ3n) is 4.01. The van der Waals surface area contributed by atoms with E-state index in [0.717, 1.165) is 17.7 Å². The Morgan fingerprint density at radius 1 is 0.963 bits per heavy atom. The molecule has 8 heteroatoms. The molecular weight excluding hydrogens is 377 g/mol. The summed E-state index contributed by atoms with van der Waals surface area (Å²) in [5.41, 5.74) is 8.36. The first kappa shape index (κ1) is 19.1. The molecule has 0 amide bonds. The van der Waals surface area contributed by atoms with Gasteiger partial charge in [-0.15, -0.1) is 0 Å². The monoisotopic (exact) mass is 391 g/mol. The van der Waals surface area contributed by atoms with E-state index in [-0.39, 0.29) is 11.6 Å². The van der Waals surface area contributed by atoms with Crippen molar-refractivity contribution < 1.29 is 21.9 Å². The van der Waals surface area contributed by atoms with Crippen LogP contribution in [0.15, 0.2) is 60.8 Å². The number of benzene rings is 2. The van der Waals surface area contributed by atoms with Gasteiger partial charge in [0.1, 0.15) is 5.82 Å². The van der Waals surface area contributed by atoms with Crippen LogP contribution in [0, 0.1) is 0 Å². The summed E-state index contributed by atoms with van der Waals surface area (Å²) in [7, 11) is 0. The predicted octanol–water partition coefficient (Wildman–Crippen LogP) is 4.40. The van der Waals surface area contributed by atoms with Gasteiger partial charge >= 0.3 is 6.18 Å². The molecule has 0 aliphatic carbocycles. The lowest BCUT2D eigenvalue weighted by molar-refractivity contribution is -0.137. The molecule has 0 aliphatic heterocycles. The number of hydrogen-bond acceptors (Lipinski definition) is 4. The molecule has 1 atom stereocenters. The number of nitrogens with two attached hydrogens (primary N) is 1. The highest BCUT2D eigenvalue weighted by Gasteiger charge is 2.30. The van der Waals surface area contributed by atoms with Gasteiger partial charge in [-0.1, -0.05) is 47.5 Å². The molecule has 3 rings (SSSR count). The maximum absolute atomic E-state index is 12.7. The van der Waals surface area contributed by atoms with Gasteiger partial charge in [0.25, 0.3) is 0 Å². The van der Waals surface area contributed by atoms with Crippen molar-refractivity contribution in [3.05, 3.63) is 71.9 Å². The number of pyridine rings is 1. The number of halogens is 3. The Morgan fingerprint density at radius 3 is 2.11 bits per heavy atom. The number of nitrogens with zero attached hydrogens (tertiary/aromatic N) is 1. The average molecular weight is 391 g/mol. The topological polar surface area (TPSA) is 79.0 Å². The fourth-order valence-electron chi connectivity index (χ4n) is 2.63. The van der Waals surface area contributed by atoms with Crippen LogP contribution in [0.25, 0.3) is 22.3 Å². The molecule has 27 heavy (non-hydrogen) atoms. The summed E-state index contributed by atoms with van der Waals surface area (Å²) in [4.78, 5) is 4.13. The second kappa shape index (κ2) is 7.50. The van der Waals surface area contributed by atoms with Crippen molar-refractivity contribution >= 4 is 16.9 Å². The van der Waals surface area contributed by atoms with E-state index < -0.39 is 22.8 Å². The van der Waals surface area contributed by atoms with Crippen molar-refractivity contribution in [3.63, 3.8) is 0 Å². The van der Waals surface area contributed by atoms with E-state index in [1.54, 1.807) is 36.5 Å². The molecule has 1 heterocycles. The Labute approximate surface area is 156 Å². The van der Waals surface area contributed by atoms with E-state index >= 15 is 0 Å². The zero-order chi connectivity index (χ0) is 19.6. The summed E-state index contributed by atoms with van der Waals surface area (Å²) in [6, 6.07) is 13.3. The highest BCUT2D eigenvalue weighted by molar-refractivity contribution is 7.78. The Kier molecular flexibility index (Phi) is 5.29. The van der Waals surface area contributed by atoms with Gasteiger partial charge in [-0.2, -0.15) is 13.2 Å². The van der Waals surface area contributed by atoms with E-state index in [1.165, 1.54) is 12.1 Å². The highest BCUT2D eigenvalue weighted by atomic mass is 32.2. The Morgan fingerprint density at radius 2 is 1.56 bits per heavy atom. The van der Waals surface area contributed by atoms with Crippen molar-refractivity contribution in [2.75, 3.05) is 5.73 Å². The summed E-state index contributed by atoms with van der Waals surface area (Å²) in [5, 5.41) is 0. The number of nitrogen functional groups attached to an aromatic ring is 1. The van der Waals surface area contributed by atoms with Crippen molar-refractivity contribution in [2.24, 2.45) is 0 Å². The summed E-state index contributed by atoms with van der Waals surface area (Å²) < 4.78 is 59.7. The van der Waals surface area contributed by atoms with Gasteiger partial charge in [0.2, 0.25) is 0 Å². The van der Waals surface area contributed by atoms with Gasteiger partial charge in [-0.05, 0) is 34.9 Å². The molecule has 4 nitrogen and oxygen atoms in total. The molecule has 0 spiro atoms. The zero-order valence-electron chi connectivity index (χ0n) is 13.9. The predicted molar refractivity (Wildman–Crippen MR) is 97.1 cm³/mol. The minimum absolute atomic E-state index is 0.0723. The Balaban J connectivity index is 1.94. The molecule has 0 saturated heterocycles. The summed E-state index contributed by atoms with van der Waals surface area (Å²) in [5.74, 6) is 0.133. The first-order valence-corrected chi connectivity index (χ1v) is 9.07. The zero-order valence-corrected chi connectivity index (χ0v) is 14.7. The number of anilines is 1. The van der Waals surface area contributed by atoms with Crippen LogP contribution < -0.4 is 5.73 Å². The van der Waals surface area contributed by atoms with Gasteiger partial charge < -0.3 is 10.3 Å². The molecule has 1 aromatic heterocycles. The molecule has 0 radical (unpaired) electrons. The molecule has 2 N–H and O–H groups in total. The molecular formula is C19H14F3N2O2S-. The first-order valence-electron chi connectivity index (χ1n) is 7.82. The lowest BCUT2D eigenvalue weighted by atomic mass is 9.99. The average Bonchev–Trinajstić information content (AvgIpc) is 2.62. The second-order valence-electron chi connectivity index (χ2n) is 5.88. The van der Waals surface area contributed by atoms with Crippen LogP contribution in [-0.4, -0.2) is 13.7 Å². The molecule has 2 aromatic carbocycles. The van der Waals surface area contributed by atoms with E-state index in [2.05, 4.69) is 4.98 Å². The van der Waals surface area contributed by atoms with E-state index in [0.29, 0.717) is 22.3 Å². The molecule has 0 saturated carbocycles. The normalized spacial score (nSPS) is 12.7. The van der Waals surface area contributed by atoms with Gasteiger partial charge in [0.15, 0.2) is 0 Å². The fourth-order valence-corrected chi connectivity index (χ4v) is 3.10. The van der Waals surface area contributed by atoms with Crippen LogP contribution in [0.4, 0.5) is 19.0 Å². The number of alkyl halides is 3. The summed E-state index contributed by atoms with van der Waals surface area (Å²) >= 11 is -2.17. The Hall–Kier alpha value is -2.71. The smallest absolute Gasteiger partial charge is 0.416 e. The molecule has 3 aromatic rings. The lowest BCUT2D eigenvalue weighted by Crippen LogP contribution is -2.04. The lowest BCUT2D eigenvalue weighted by Gasteiger charge is -2.11. The van der Waals surface area contributed by atoms with Gasteiger partial charge in [-0.3, -0.25) is 4.21 Å². The maximum atomic E-state index is 12.7. The van der Waals surface area contributed by atoms with Crippen molar-refractivity contribution in [1.29, 1.82) is 0 Å². The third kappa shape index (κ3) is 4.53. The van der Waals surface area contributed by atoms with Crippen molar-refractivity contribution in [1.82, 2.24) is 4.98 Å². The number of aromatic nitrogens is 1. The van der Waals surface area contributed by atoms with E-state index in [4.69, 9.17) is 5.73 Å². The highest BCUT2D eigenvalue weighted by Crippen LogP contribution is 2.33. The molecule has 0 bridgehead atoms. The number of hydrogen-bond donors (Lipinski definition) is 1. The molecule has 0 fully saturated rings. The first-order chi connectivity index (χ1) is 12.7. The standard InChI is InChI=1S/C19H15F3N2O2S/c20-19(21,22)16-7-5-14(6-8-16)17-9-15(10-24-18(17)23)13-3-1-12(2-4-13)11-27(25)26/h1-10H,11H2,(H2,23,24)(H,25,26)/p-1. The second-order valence-corrected chi connectivity index (χ2v) is 6.77. The molecule has 140 valence electrons. The Bertz CT molecular complexity index is 972. The van der Waals surface area contributed by atoms with Crippen LogP contribution in [0.5, 0.6) is 0 Å². The van der Waals surface area contributed by atoms with Crippen LogP contribution in [0.2, 0.25) is 0 Å². The van der Waals surface area contributed by atoms with E-state index in [1.807, 2.05) is 0 Å².